The Kier molecular flexibility index (Phi) is 7.70. The summed E-state index contributed by atoms with van der Waals surface area (Å²) in [5.41, 5.74) is 2.17. The molecule has 0 aliphatic heterocycles. The molecule has 4 N–H and O–H groups in total. The van der Waals surface area contributed by atoms with Crippen LogP contribution in [0.2, 0.25) is 0 Å². The molecule has 5 nitrogen and oxygen atoms in total. The number of amides is 2. The van der Waals surface area contributed by atoms with Gasteiger partial charge in [0.25, 0.3) is 0 Å². The van der Waals surface area contributed by atoms with E-state index < -0.39 is 17.8 Å². The molecule has 2 aromatic rings. The zero-order valence-corrected chi connectivity index (χ0v) is 18.2. The van der Waals surface area contributed by atoms with Crippen LogP contribution in [-0.2, 0) is 19.1 Å². The summed E-state index contributed by atoms with van der Waals surface area (Å²) in [7, 11) is 1.72. The molecule has 0 saturated heterocycles. The lowest BCUT2D eigenvalue weighted by Crippen LogP contribution is -2.29. The third-order valence-corrected chi connectivity index (χ3v) is 4.89. The molecule has 31 heavy (non-hydrogen) atoms. The van der Waals surface area contributed by atoms with Crippen molar-refractivity contribution in [1.82, 2.24) is 5.32 Å². The van der Waals surface area contributed by atoms with E-state index in [9.17, 15) is 18.0 Å². The minimum atomic E-state index is -4.42. The van der Waals surface area contributed by atoms with E-state index in [-0.39, 0.29) is 12.0 Å². The van der Waals surface area contributed by atoms with E-state index in [1.165, 1.54) is 12.1 Å². The van der Waals surface area contributed by atoms with Crippen molar-refractivity contribution in [2.45, 2.75) is 46.3 Å². The first-order chi connectivity index (χ1) is 14.4. The van der Waals surface area contributed by atoms with Crippen LogP contribution in [-0.4, -0.2) is 19.3 Å². The van der Waals surface area contributed by atoms with Crippen LogP contribution in [0.5, 0.6) is 0 Å². The normalized spacial score (nSPS) is 11.7. The number of nitrogens with one attached hydrogen (secondary N) is 4. The van der Waals surface area contributed by atoms with Crippen LogP contribution in [0.15, 0.2) is 36.4 Å². The van der Waals surface area contributed by atoms with E-state index in [0.29, 0.717) is 40.9 Å². The highest BCUT2D eigenvalue weighted by Gasteiger charge is 2.31. The van der Waals surface area contributed by atoms with E-state index in [0.717, 1.165) is 12.3 Å². The van der Waals surface area contributed by atoms with Gasteiger partial charge in [-0.3, -0.25) is 0 Å². The van der Waals surface area contributed by atoms with Gasteiger partial charge in [0.15, 0.2) is 0 Å². The first-order valence-electron chi connectivity index (χ1n) is 9.99. The number of rotatable bonds is 7. The lowest BCUT2D eigenvalue weighted by molar-refractivity contribution is -0.137. The molecule has 0 aliphatic carbocycles. The Morgan fingerprint density at radius 3 is 2.32 bits per heavy atom. The predicted octanol–water partition coefficient (Wildman–Crippen LogP) is 6.05. The summed E-state index contributed by atoms with van der Waals surface area (Å²) in [6.07, 6.45) is -2.08. The monoisotopic (exact) mass is 434 g/mol. The average molecular weight is 435 g/mol. The lowest BCUT2D eigenvalue weighted by atomic mass is 9.87. The molecular weight excluding hydrogens is 405 g/mol. The van der Waals surface area contributed by atoms with E-state index in [4.69, 9.17) is 5.41 Å². The third kappa shape index (κ3) is 7.01. The maximum Gasteiger partial charge on any atom is 0.416 e. The number of carbonyl (C=O) groups excluding carboxylic acids is 1. The zero-order chi connectivity index (χ0) is 23.2. The number of anilines is 2. The van der Waals surface area contributed by atoms with Crippen molar-refractivity contribution in [2.24, 2.45) is 5.41 Å². The van der Waals surface area contributed by atoms with Crippen LogP contribution in [0.4, 0.5) is 29.3 Å². The van der Waals surface area contributed by atoms with Crippen LogP contribution in [0.25, 0.3) is 0 Å². The molecule has 0 aliphatic rings. The van der Waals surface area contributed by atoms with E-state index in [1.807, 2.05) is 20.8 Å². The van der Waals surface area contributed by atoms with Gasteiger partial charge in [-0.25, -0.2) is 4.79 Å². The van der Waals surface area contributed by atoms with Crippen LogP contribution in [0, 0.1) is 10.8 Å². The smallest absolute Gasteiger partial charge is 0.388 e. The molecule has 0 bridgehead atoms. The molecule has 0 atom stereocenters. The zero-order valence-electron chi connectivity index (χ0n) is 18.2. The summed E-state index contributed by atoms with van der Waals surface area (Å²) in [6.45, 7) is 6.19. The molecule has 0 spiro atoms. The Hall–Kier alpha value is -3.03. The number of benzene rings is 2. The highest BCUT2D eigenvalue weighted by molar-refractivity contribution is 5.99. The molecule has 0 unspecified atom stereocenters. The van der Waals surface area contributed by atoms with Crippen molar-refractivity contribution in [2.75, 3.05) is 17.7 Å². The topological polar surface area (TPSA) is 77.0 Å². The first-order valence-corrected chi connectivity index (χ1v) is 9.99. The first kappa shape index (κ1) is 24.2. The Bertz CT molecular complexity index is 933. The molecule has 0 fully saturated rings. The van der Waals surface area contributed by atoms with Gasteiger partial charge in [0.1, 0.15) is 0 Å². The second-order valence-electron chi connectivity index (χ2n) is 8.51. The second kappa shape index (κ2) is 9.85. The number of carbonyl (C=O) groups is 1. The molecular formula is C23H29F3N4O. The molecule has 2 amide bonds. The fraction of sp³-hybridized carbons (Fsp3) is 0.391. The molecule has 0 heterocycles. The van der Waals surface area contributed by atoms with Crippen molar-refractivity contribution >= 4 is 23.6 Å². The van der Waals surface area contributed by atoms with Crippen molar-refractivity contribution in [3.63, 3.8) is 0 Å². The van der Waals surface area contributed by atoms with Crippen LogP contribution >= 0.6 is 0 Å². The van der Waals surface area contributed by atoms with Crippen molar-refractivity contribution < 1.29 is 18.0 Å². The van der Waals surface area contributed by atoms with Gasteiger partial charge in [-0.1, -0.05) is 32.9 Å². The molecule has 0 saturated carbocycles. The number of alkyl halides is 3. The van der Waals surface area contributed by atoms with Gasteiger partial charge >= 0.3 is 12.2 Å². The van der Waals surface area contributed by atoms with Gasteiger partial charge < -0.3 is 21.4 Å². The molecule has 2 rings (SSSR count). The van der Waals surface area contributed by atoms with Crippen LogP contribution in [0.1, 0.15) is 49.4 Å². The largest absolute Gasteiger partial charge is 0.416 e. The average Bonchev–Trinajstić information content (AvgIpc) is 2.69. The van der Waals surface area contributed by atoms with Crippen molar-refractivity contribution in [1.29, 1.82) is 5.41 Å². The highest BCUT2D eigenvalue weighted by atomic mass is 19.4. The molecule has 0 aromatic heterocycles. The van der Waals surface area contributed by atoms with E-state index >= 15 is 0 Å². The van der Waals surface area contributed by atoms with Crippen molar-refractivity contribution in [3.8, 4) is 0 Å². The quantitative estimate of drug-likeness (QED) is 0.401. The van der Waals surface area contributed by atoms with Gasteiger partial charge in [-0.2, -0.15) is 13.2 Å². The van der Waals surface area contributed by atoms with Crippen LogP contribution < -0.4 is 16.0 Å². The Labute approximate surface area is 180 Å². The summed E-state index contributed by atoms with van der Waals surface area (Å²) in [5, 5.41) is 15.9. The van der Waals surface area contributed by atoms with E-state index in [2.05, 4.69) is 16.0 Å². The Morgan fingerprint density at radius 2 is 1.74 bits per heavy atom. The predicted molar refractivity (Wildman–Crippen MR) is 119 cm³/mol. The summed E-state index contributed by atoms with van der Waals surface area (Å²) in [5.74, 6) is 0. The van der Waals surface area contributed by atoms with Gasteiger partial charge in [-0.05, 0) is 53.6 Å². The molecule has 2 aromatic carbocycles. The molecule has 0 radical (unpaired) electrons. The van der Waals surface area contributed by atoms with Gasteiger partial charge in [0.05, 0.1) is 11.3 Å². The lowest BCUT2D eigenvalue weighted by Gasteiger charge is -2.20. The number of urea groups is 1. The summed E-state index contributed by atoms with van der Waals surface area (Å²) >= 11 is 0. The third-order valence-electron chi connectivity index (χ3n) is 4.89. The number of hydrogen-bond donors (Lipinski definition) is 4. The fourth-order valence-corrected chi connectivity index (χ4v) is 3.11. The van der Waals surface area contributed by atoms with E-state index in [1.54, 1.807) is 25.2 Å². The Balaban J connectivity index is 2.16. The summed E-state index contributed by atoms with van der Waals surface area (Å²) in [6, 6.07) is 8.34. The fourth-order valence-electron chi connectivity index (χ4n) is 3.11. The maximum atomic E-state index is 13.2. The minimum absolute atomic E-state index is 0.0300. The Morgan fingerprint density at radius 1 is 1.06 bits per heavy atom. The maximum absolute atomic E-state index is 13.2. The number of halogens is 3. The SMILES string of the molecule is CNc1cccc(NC(=O)NCc2ccc(C(F)(F)F)cc2CCC(C)(C)C)c1C=N. The minimum Gasteiger partial charge on any atom is -0.388 e. The van der Waals surface area contributed by atoms with Gasteiger partial charge in [0, 0.05) is 31.1 Å². The van der Waals surface area contributed by atoms with Crippen molar-refractivity contribution in [3.05, 3.63) is 58.7 Å². The standard InChI is InChI=1S/C23H29F3N4O/c1-22(2,3)11-10-15-12-17(23(24,25)26)9-8-16(15)14-29-21(31)30-20-7-5-6-19(28-4)18(20)13-27/h5-9,12-13,27-28H,10-11,14H2,1-4H3,(H2,29,30,31). The number of hydrogen-bond acceptors (Lipinski definition) is 3. The molecule has 8 heteroatoms. The van der Waals surface area contributed by atoms with Gasteiger partial charge in [-0.15, -0.1) is 0 Å². The highest BCUT2D eigenvalue weighted by Crippen LogP contribution is 2.32. The second-order valence-corrected chi connectivity index (χ2v) is 8.51. The summed E-state index contributed by atoms with van der Waals surface area (Å²) < 4.78 is 39.5. The number of aryl methyl sites for hydroxylation is 1. The molecule has 168 valence electrons. The van der Waals surface area contributed by atoms with Crippen LogP contribution in [0.3, 0.4) is 0 Å². The van der Waals surface area contributed by atoms with Gasteiger partial charge in [0.2, 0.25) is 0 Å². The summed E-state index contributed by atoms with van der Waals surface area (Å²) in [4.78, 5) is 12.4.